The molecule has 2 aromatic rings. The van der Waals surface area contributed by atoms with Gasteiger partial charge in [-0.05, 0) is 16.3 Å². The van der Waals surface area contributed by atoms with Crippen LogP contribution < -0.4 is 5.32 Å². The summed E-state index contributed by atoms with van der Waals surface area (Å²) >= 11 is 0. The zero-order valence-electron chi connectivity index (χ0n) is 10.8. The number of rotatable bonds is 2. The van der Waals surface area contributed by atoms with Gasteiger partial charge in [0.1, 0.15) is 0 Å². The highest BCUT2D eigenvalue weighted by molar-refractivity contribution is 6.11. The molecule has 19 heavy (non-hydrogen) atoms. The van der Waals surface area contributed by atoms with Gasteiger partial charge in [-0.15, -0.1) is 0 Å². The number of hydrogen-bond acceptors (Lipinski definition) is 2. The Morgan fingerprint density at radius 1 is 1.26 bits per heavy atom. The molecule has 0 radical (unpaired) electrons. The quantitative estimate of drug-likeness (QED) is 0.894. The smallest absolute Gasteiger partial charge is 0.216 e. The lowest BCUT2D eigenvalue weighted by Crippen LogP contribution is -2.29. The van der Waals surface area contributed by atoms with E-state index in [0.29, 0.717) is 13.0 Å². The van der Waals surface area contributed by atoms with Gasteiger partial charge in [-0.25, -0.2) is 0 Å². The Kier molecular flexibility index (Phi) is 2.82. The maximum Gasteiger partial charge on any atom is 0.216 e. The average Bonchev–Trinajstić information content (AvgIpc) is 2.41. The SMILES string of the molecule is CC(=O)NCC1CC(=O)c2cccc3cccc1c23. The zero-order valence-corrected chi connectivity index (χ0v) is 10.8. The van der Waals surface area contributed by atoms with Crippen LogP contribution in [-0.2, 0) is 4.79 Å². The zero-order chi connectivity index (χ0) is 13.4. The Bertz CT molecular complexity index is 670. The lowest BCUT2D eigenvalue weighted by molar-refractivity contribution is -0.119. The summed E-state index contributed by atoms with van der Waals surface area (Å²) < 4.78 is 0. The Morgan fingerprint density at radius 2 is 2.00 bits per heavy atom. The van der Waals surface area contributed by atoms with Crippen LogP contribution in [0.5, 0.6) is 0 Å². The molecule has 3 heteroatoms. The highest BCUT2D eigenvalue weighted by atomic mass is 16.1. The minimum atomic E-state index is -0.0570. The first kappa shape index (κ1) is 11.9. The molecule has 0 bridgehead atoms. The van der Waals surface area contributed by atoms with Crippen molar-refractivity contribution in [2.24, 2.45) is 0 Å². The van der Waals surface area contributed by atoms with Crippen molar-refractivity contribution >= 4 is 22.5 Å². The van der Waals surface area contributed by atoms with Gasteiger partial charge in [-0.3, -0.25) is 9.59 Å². The molecule has 0 spiro atoms. The minimum Gasteiger partial charge on any atom is -0.356 e. The average molecular weight is 253 g/mol. The lowest BCUT2D eigenvalue weighted by Gasteiger charge is -2.25. The van der Waals surface area contributed by atoms with Gasteiger partial charge in [0.2, 0.25) is 5.91 Å². The topological polar surface area (TPSA) is 46.2 Å². The number of nitrogens with one attached hydrogen (secondary N) is 1. The molecule has 0 fully saturated rings. The predicted molar refractivity (Wildman–Crippen MR) is 74.3 cm³/mol. The Morgan fingerprint density at radius 3 is 2.74 bits per heavy atom. The van der Waals surface area contributed by atoms with E-state index in [-0.39, 0.29) is 17.6 Å². The van der Waals surface area contributed by atoms with Crippen LogP contribution in [-0.4, -0.2) is 18.2 Å². The highest BCUT2D eigenvalue weighted by Gasteiger charge is 2.26. The van der Waals surface area contributed by atoms with Crippen LogP contribution >= 0.6 is 0 Å². The van der Waals surface area contributed by atoms with Crippen molar-refractivity contribution in [3.05, 3.63) is 47.5 Å². The molecule has 0 aromatic heterocycles. The summed E-state index contributed by atoms with van der Waals surface area (Å²) in [5, 5.41) is 4.96. The molecule has 3 nitrogen and oxygen atoms in total. The number of amides is 1. The second-order valence-electron chi connectivity index (χ2n) is 5.01. The number of hydrogen-bond donors (Lipinski definition) is 1. The molecule has 1 atom stereocenters. The Hall–Kier alpha value is -2.16. The third-order valence-corrected chi connectivity index (χ3v) is 3.71. The van der Waals surface area contributed by atoms with Crippen molar-refractivity contribution in [1.82, 2.24) is 5.32 Å². The molecular formula is C16H15NO2. The number of carbonyl (C=O) groups excluding carboxylic acids is 2. The third kappa shape index (κ3) is 2.01. The van der Waals surface area contributed by atoms with Gasteiger partial charge >= 0.3 is 0 Å². The van der Waals surface area contributed by atoms with Gasteiger partial charge in [0.05, 0.1) is 0 Å². The maximum absolute atomic E-state index is 12.2. The monoisotopic (exact) mass is 253 g/mol. The first-order valence-corrected chi connectivity index (χ1v) is 6.46. The summed E-state index contributed by atoms with van der Waals surface area (Å²) in [6.07, 6.45) is 0.469. The summed E-state index contributed by atoms with van der Waals surface area (Å²) in [6.45, 7) is 2.02. The van der Waals surface area contributed by atoms with E-state index < -0.39 is 0 Å². The van der Waals surface area contributed by atoms with Gasteiger partial charge in [0.25, 0.3) is 0 Å². The highest BCUT2D eigenvalue weighted by Crippen LogP contribution is 2.36. The summed E-state index contributed by atoms with van der Waals surface area (Å²) in [5.41, 5.74) is 1.98. The molecule has 1 aliphatic rings. The van der Waals surface area contributed by atoms with Crippen molar-refractivity contribution < 1.29 is 9.59 Å². The minimum absolute atomic E-state index is 0.0570. The van der Waals surface area contributed by atoms with Gasteiger partial charge in [0.15, 0.2) is 5.78 Å². The molecule has 0 saturated heterocycles. The van der Waals surface area contributed by atoms with Crippen LogP contribution in [0.25, 0.3) is 10.8 Å². The van der Waals surface area contributed by atoms with Crippen LogP contribution in [0.3, 0.4) is 0 Å². The van der Waals surface area contributed by atoms with E-state index in [2.05, 4.69) is 11.4 Å². The molecule has 0 aliphatic heterocycles. The van der Waals surface area contributed by atoms with Crippen LogP contribution in [0.4, 0.5) is 0 Å². The van der Waals surface area contributed by atoms with Crippen LogP contribution in [0.15, 0.2) is 36.4 Å². The number of carbonyl (C=O) groups is 2. The van der Waals surface area contributed by atoms with Crippen molar-refractivity contribution in [2.75, 3.05) is 6.54 Å². The molecule has 96 valence electrons. The molecule has 1 unspecified atom stereocenters. The molecular weight excluding hydrogens is 238 g/mol. The van der Waals surface area contributed by atoms with Crippen LogP contribution in [0.2, 0.25) is 0 Å². The van der Waals surface area contributed by atoms with E-state index in [1.807, 2.05) is 30.3 Å². The first-order chi connectivity index (χ1) is 9.16. The molecule has 2 aromatic carbocycles. The lowest BCUT2D eigenvalue weighted by atomic mass is 9.80. The van der Waals surface area contributed by atoms with E-state index in [9.17, 15) is 9.59 Å². The number of benzene rings is 2. The van der Waals surface area contributed by atoms with E-state index >= 15 is 0 Å². The fourth-order valence-corrected chi connectivity index (χ4v) is 2.84. The summed E-state index contributed by atoms with van der Waals surface area (Å²) in [5.74, 6) is 0.188. The van der Waals surface area contributed by atoms with Crippen molar-refractivity contribution in [3.63, 3.8) is 0 Å². The Balaban J connectivity index is 2.12. The van der Waals surface area contributed by atoms with Gasteiger partial charge in [-0.2, -0.15) is 0 Å². The number of ketones is 1. The van der Waals surface area contributed by atoms with Gasteiger partial charge < -0.3 is 5.32 Å². The van der Waals surface area contributed by atoms with Crippen molar-refractivity contribution in [3.8, 4) is 0 Å². The summed E-state index contributed by atoms with van der Waals surface area (Å²) in [4.78, 5) is 23.3. The standard InChI is InChI=1S/C16H15NO2/c1-10(18)17-9-12-8-15(19)14-7-3-5-11-4-2-6-13(12)16(11)14/h2-7,12H,8-9H2,1H3,(H,17,18). The van der Waals surface area contributed by atoms with E-state index in [0.717, 1.165) is 16.3 Å². The van der Waals surface area contributed by atoms with Crippen molar-refractivity contribution in [2.45, 2.75) is 19.3 Å². The molecule has 1 N–H and O–H groups in total. The van der Waals surface area contributed by atoms with Crippen LogP contribution in [0, 0.1) is 0 Å². The fourth-order valence-electron chi connectivity index (χ4n) is 2.84. The maximum atomic E-state index is 12.2. The van der Waals surface area contributed by atoms with E-state index in [1.54, 1.807) is 0 Å². The largest absolute Gasteiger partial charge is 0.356 e. The van der Waals surface area contributed by atoms with E-state index in [4.69, 9.17) is 0 Å². The third-order valence-electron chi connectivity index (χ3n) is 3.71. The second-order valence-corrected chi connectivity index (χ2v) is 5.01. The summed E-state index contributed by atoms with van der Waals surface area (Å²) in [6, 6.07) is 11.9. The van der Waals surface area contributed by atoms with Gasteiger partial charge in [-0.1, -0.05) is 36.4 Å². The van der Waals surface area contributed by atoms with E-state index in [1.165, 1.54) is 12.5 Å². The predicted octanol–water partition coefficient (Wildman–Crippen LogP) is 2.65. The molecule has 1 aliphatic carbocycles. The normalized spacial score (nSPS) is 17.5. The second kappa shape index (κ2) is 4.50. The van der Waals surface area contributed by atoms with Crippen molar-refractivity contribution in [1.29, 1.82) is 0 Å². The summed E-state index contributed by atoms with van der Waals surface area (Å²) in [7, 11) is 0. The fraction of sp³-hybridized carbons (Fsp3) is 0.250. The molecule has 0 saturated carbocycles. The van der Waals surface area contributed by atoms with Gasteiger partial charge in [0, 0.05) is 31.4 Å². The molecule has 0 heterocycles. The molecule has 3 rings (SSSR count). The van der Waals surface area contributed by atoms with Crippen LogP contribution in [0.1, 0.15) is 35.2 Å². The first-order valence-electron chi connectivity index (χ1n) is 6.46. The molecule has 1 amide bonds. The Labute approximate surface area is 111 Å². The number of Topliss-reactive ketones (excluding diaryl/α,β-unsaturated/α-hetero) is 1.